The van der Waals surface area contributed by atoms with Gasteiger partial charge in [0.25, 0.3) is 5.56 Å². The summed E-state index contributed by atoms with van der Waals surface area (Å²) in [5, 5.41) is 0.0275. The molecule has 0 aliphatic carbocycles. The van der Waals surface area contributed by atoms with Crippen LogP contribution < -0.4 is 5.56 Å². The van der Waals surface area contributed by atoms with Crippen LogP contribution in [0.5, 0.6) is 0 Å². The molecule has 0 unspecified atom stereocenters. The van der Waals surface area contributed by atoms with Crippen LogP contribution in [0.3, 0.4) is 0 Å². The van der Waals surface area contributed by atoms with Crippen molar-refractivity contribution in [2.45, 2.75) is 17.9 Å². The molecule has 1 heterocycles. The summed E-state index contributed by atoms with van der Waals surface area (Å²) in [6.45, 7) is 3.56. The quantitative estimate of drug-likeness (QED) is 0.468. The summed E-state index contributed by atoms with van der Waals surface area (Å²) in [5.74, 6) is 0. The smallest absolute Gasteiger partial charge is 0.284 e. The van der Waals surface area contributed by atoms with E-state index in [9.17, 15) is 18.0 Å². The third kappa shape index (κ3) is 2.66. The van der Waals surface area contributed by atoms with Crippen molar-refractivity contribution in [2.24, 2.45) is 0 Å². The summed E-state index contributed by atoms with van der Waals surface area (Å²) in [4.78, 5) is 14.8. The molecule has 0 atom stereocenters. The Morgan fingerprint density at radius 2 is 2.25 bits per heavy atom. The van der Waals surface area contributed by atoms with E-state index in [-0.39, 0.29) is 11.7 Å². The number of allylic oxidation sites excluding steroid dienone is 1. The molecule has 3 nitrogen and oxygen atoms in total. The van der Waals surface area contributed by atoms with E-state index in [1.54, 1.807) is 6.26 Å². The lowest BCUT2D eigenvalue weighted by atomic mass is 10.4. The van der Waals surface area contributed by atoms with Gasteiger partial charge in [0.2, 0.25) is 0 Å². The summed E-state index contributed by atoms with van der Waals surface area (Å²) < 4.78 is 38.2. The molecule has 88 valence electrons. The van der Waals surface area contributed by atoms with Crippen LogP contribution in [0.25, 0.3) is 0 Å². The zero-order valence-corrected chi connectivity index (χ0v) is 9.23. The Kier molecular flexibility index (Phi) is 3.79. The second-order valence-electron chi connectivity index (χ2n) is 2.86. The average Bonchev–Trinajstić information content (AvgIpc) is 2.19. The van der Waals surface area contributed by atoms with Crippen molar-refractivity contribution in [3.05, 3.63) is 34.8 Å². The van der Waals surface area contributed by atoms with E-state index in [2.05, 4.69) is 11.6 Å². The maximum Gasteiger partial charge on any atom is 0.433 e. The molecule has 0 aliphatic heterocycles. The van der Waals surface area contributed by atoms with Gasteiger partial charge in [0.05, 0.1) is 0 Å². The summed E-state index contributed by atoms with van der Waals surface area (Å²) >= 11 is 0.984. The molecule has 7 heteroatoms. The monoisotopic (exact) mass is 250 g/mol. The molecular formula is C9H9F3N2OS. The minimum Gasteiger partial charge on any atom is -0.284 e. The minimum atomic E-state index is -4.60. The Labute approximate surface area is 94.0 Å². The molecule has 1 aromatic heterocycles. The van der Waals surface area contributed by atoms with Gasteiger partial charge in [-0.2, -0.15) is 13.2 Å². The summed E-state index contributed by atoms with van der Waals surface area (Å²) in [6.07, 6.45) is -1.62. The number of hydrogen-bond acceptors (Lipinski definition) is 3. The molecule has 0 N–H and O–H groups in total. The molecule has 16 heavy (non-hydrogen) atoms. The molecule has 1 rings (SSSR count). The number of thioether (sulfide) groups is 1. The molecule has 0 aliphatic rings. The first kappa shape index (κ1) is 12.8. The van der Waals surface area contributed by atoms with Crippen LogP contribution in [0.1, 0.15) is 5.69 Å². The molecule has 0 saturated carbocycles. The second-order valence-corrected chi connectivity index (χ2v) is 3.64. The first-order valence-corrected chi connectivity index (χ1v) is 5.46. The van der Waals surface area contributed by atoms with Crippen molar-refractivity contribution >= 4 is 11.8 Å². The maximum absolute atomic E-state index is 12.4. The number of nitrogens with zero attached hydrogens (tertiary/aromatic N) is 2. The summed E-state index contributed by atoms with van der Waals surface area (Å²) in [5.41, 5.74) is -1.89. The Morgan fingerprint density at radius 3 is 2.69 bits per heavy atom. The maximum atomic E-state index is 12.4. The van der Waals surface area contributed by atoms with Crippen LogP contribution in [0.2, 0.25) is 0 Å². The van der Waals surface area contributed by atoms with E-state index in [0.29, 0.717) is 6.07 Å². The van der Waals surface area contributed by atoms with Crippen LogP contribution in [-0.4, -0.2) is 15.8 Å². The van der Waals surface area contributed by atoms with Crippen LogP contribution in [0.15, 0.2) is 28.7 Å². The van der Waals surface area contributed by atoms with Gasteiger partial charge in [-0.1, -0.05) is 17.8 Å². The molecule has 0 amide bonds. The number of rotatable bonds is 3. The standard InChI is InChI=1S/C9H9F3N2OS/c1-3-4-14-7(15)5-6(9(10,11)12)13-8(14)16-2/h3,5H,1,4H2,2H3. The van der Waals surface area contributed by atoms with Gasteiger partial charge in [-0.25, -0.2) is 4.98 Å². The van der Waals surface area contributed by atoms with Crippen molar-refractivity contribution < 1.29 is 13.2 Å². The summed E-state index contributed by atoms with van der Waals surface area (Å²) in [6, 6.07) is 0.489. The van der Waals surface area contributed by atoms with Crippen LogP contribution >= 0.6 is 11.8 Å². The lowest BCUT2D eigenvalue weighted by Gasteiger charge is -2.11. The van der Waals surface area contributed by atoms with Crippen LogP contribution in [-0.2, 0) is 12.7 Å². The van der Waals surface area contributed by atoms with Crippen LogP contribution in [0, 0.1) is 0 Å². The minimum absolute atomic E-state index is 0.0275. The van der Waals surface area contributed by atoms with E-state index < -0.39 is 17.4 Å². The number of aromatic nitrogens is 2. The van der Waals surface area contributed by atoms with Gasteiger partial charge in [0.15, 0.2) is 10.9 Å². The Balaban J connectivity index is 3.38. The Morgan fingerprint density at radius 1 is 1.62 bits per heavy atom. The Hall–Kier alpha value is -1.24. The predicted molar refractivity (Wildman–Crippen MR) is 55.5 cm³/mol. The molecule has 0 spiro atoms. The van der Waals surface area contributed by atoms with Crippen molar-refractivity contribution in [1.82, 2.24) is 9.55 Å². The molecule has 0 radical (unpaired) electrons. The second kappa shape index (κ2) is 4.73. The first-order chi connectivity index (χ1) is 7.40. The number of hydrogen-bond donors (Lipinski definition) is 0. The highest BCUT2D eigenvalue weighted by molar-refractivity contribution is 7.98. The summed E-state index contributed by atoms with van der Waals surface area (Å²) in [7, 11) is 0. The molecular weight excluding hydrogens is 241 g/mol. The fraction of sp³-hybridized carbons (Fsp3) is 0.333. The topological polar surface area (TPSA) is 34.9 Å². The van der Waals surface area contributed by atoms with E-state index in [1.807, 2.05) is 0 Å². The van der Waals surface area contributed by atoms with Gasteiger partial charge in [0, 0.05) is 12.6 Å². The lowest BCUT2D eigenvalue weighted by Crippen LogP contribution is -2.25. The van der Waals surface area contributed by atoms with E-state index >= 15 is 0 Å². The van der Waals surface area contributed by atoms with Gasteiger partial charge in [-0.3, -0.25) is 9.36 Å². The molecule has 1 aromatic rings. The third-order valence-electron chi connectivity index (χ3n) is 1.76. The highest BCUT2D eigenvalue weighted by atomic mass is 32.2. The van der Waals surface area contributed by atoms with Crippen molar-refractivity contribution in [1.29, 1.82) is 0 Å². The molecule has 0 bridgehead atoms. The van der Waals surface area contributed by atoms with Crippen molar-refractivity contribution in [3.8, 4) is 0 Å². The zero-order chi connectivity index (χ0) is 12.3. The van der Waals surface area contributed by atoms with E-state index in [1.165, 1.54) is 6.08 Å². The highest BCUT2D eigenvalue weighted by Crippen LogP contribution is 2.27. The zero-order valence-electron chi connectivity index (χ0n) is 8.41. The molecule has 0 aromatic carbocycles. The SMILES string of the molecule is C=CCn1c(SC)nc(C(F)(F)F)cc1=O. The third-order valence-corrected chi connectivity index (χ3v) is 2.43. The number of halogens is 3. The first-order valence-electron chi connectivity index (χ1n) is 4.24. The van der Waals surface area contributed by atoms with E-state index in [4.69, 9.17) is 0 Å². The predicted octanol–water partition coefficient (Wildman–Crippen LogP) is 2.17. The molecule has 0 saturated heterocycles. The van der Waals surface area contributed by atoms with Crippen molar-refractivity contribution in [3.63, 3.8) is 0 Å². The van der Waals surface area contributed by atoms with Gasteiger partial charge in [0.1, 0.15) is 0 Å². The van der Waals surface area contributed by atoms with Crippen LogP contribution in [0.4, 0.5) is 13.2 Å². The fourth-order valence-corrected chi connectivity index (χ4v) is 1.66. The highest BCUT2D eigenvalue weighted by Gasteiger charge is 2.33. The van der Waals surface area contributed by atoms with Gasteiger partial charge >= 0.3 is 6.18 Å². The average molecular weight is 250 g/mol. The van der Waals surface area contributed by atoms with Gasteiger partial charge < -0.3 is 0 Å². The lowest BCUT2D eigenvalue weighted by molar-refractivity contribution is -0.141. The van der Waals surface area contributed by atoms with Crippen molar-refractivity contribution in [2.75, 3.05) is 6.26 Å². The molecule has 0 fully saturated rings. The fourth-order valence-electron chi connectivity index (χ4n) is 1.08. The largest absolute Gasteiger partial charge is 0.433 e. The Bertz CT molecular complexity index is 453. The van der Waals surface area contributed by atoms with Gasteiger partial charge in [-0.05, 0) is 6.26 Å². The van der Waals surface area contributed by atoms with Gasteiger partial charge in [-0.15, -0.1) is 6.58 Å². The normalized spacial score (nSPS) is 11.5. The van der Waals surface area contributed by atoms with E-state index in [0.717, 1.165) is 16.3 Å². The number of alkyl halides is 3.